The molecular weight excluding hydrogens is 454 g/mol. The zero-order chi connectivity index (χ0) is 15.4. The highest BCUT2D eigenvalue weighted by molar-refractivity contribution is 14.1. The van der Waals surface area contributed by atoms with E-state index < -0.39 is 11.7 Å². The van der Waals surface area contributed by atoms with E-state index in [1.807, 2.05) is 22.6 Å². The van der Waals surface area contributed by atoms with Crippen LogP contribution in [0.1, 0.15) is 15.9 Å². The van der Waals surface area contributed by atoms with Crippen molar-refractivity contribution in [3.63, 3.8) is 0 Å². The number of carbonyl (C=O) groups excluding carboxylic acids is 1. The van der Waals surface area contributed by atoms with E-state index in [-0.39, 0.29) is 5.75 Å². The molecule has 0 radical (unpaired) electrons. The van der Waals surface area contributed by atoms with Crippen LogP contribution in [0, 0.1) is 9.39 Å². The number of benzene rings is 2. The number of phenols is 1. The Kier molecular flexibility index (Phi) is 5.29. The molecule has 0 heterocycles. The molecule has 4 nitrogen and oxygen atoms in total. The van der Waals surface area contributed by atoms with Crippen molar-refractivity contribution in [1.82, 2.24) is 5.43 Å². The minimum atomic E-state index is -0.463. The summed E-state index contributed by atoms with van der Waals surface area (Å²) in [6.07, 6.45) is 1.34. The molecule has 2 aromatic rings. The van der Waals surface area contributed by atoms with Crippen LogP contribution >= 0.6 is 38.5 Å². The number of carbonyl (C=O) groups is 1. The molecule has 1 amide bonds. The summed E-state index contributed by atoms with van der Waals surface area (Å²) in [4.78, 5) is 11.7. The van der Waals surface area contributed by atoms with Gasteiger partial charge in [-0.1, -0.05) is 15.9 Å². The van der Waals surface area contributed by atoms with Crippen molar-refractivity contribution in [1.29, 1.82) is 0 Å². The van der Waals surface area contributed by atoms with Gasteiger partial charge in [-0.05, 0) is 59.0 Å². The summed E-state index contributed by atoms with van der Waals surface area (Å²) in [7, 11) is 0. The van der Waals surface area contributed by atoms with E-state index in [1.54, 1.807) is 12.1 Å². The molecule has 0 aliphatic rings. The van der Waals surface area contributed by atoms with Gasteiger partial charge in [0.1, 0.15) is 11.6 Å². The lowest BCUT2D eigenvalue weighted by molar-refractivity contribution is 0.0955. The summed E-state index contributed by atoms with van der Waals surface area (Å²) < 4.78 is 14.2. The van der Waals surface area contributed by atoms with Crippen molar-refractivity contribution in [3.8, 4) is 5.75 Å². The maximum atomic E-state index is 12.7. The number of nitrogens with zero attached hydrogens (tertiary/aromatic N) is 1. The van der Waals surface area contributed by atoms with Gasteiger partial charge in [0.25, 0.3) is 5.91 Å². The molecule has 108 valence electrons. The average Bonchev–Trinajstić information content (AvgIpc) is 2.44. The topological polar surface area (TPSA) is 61.7 Å². The van der Waals surface area contributed by atoms with Crippen LogP contribution in [0.15, 0.2) is 46.0 Å². The molecule has 0 unspecified atom stereocenters. The summed E-state index contributed by atoms with van der Waals surface area (Å²) in [6, 6.07) is 8.54. The molecule has 0 aliphatic heterocycles. The number of rotatable bonds is 3. The molecule has 2 aromatic carbocycles. The van der Waals surface area contributed by atoms with Crippen molar-refractivity contribution in [3.05, 3.63) is 61.4 Å². The molecule has 0 saturated heterocycles. The maximum absolute atomic E-state index is 12.7. The molecule has 0 fully saturated rings. The summed E-state index contributed by atoms with van der Waals surface area (Å²) in [5, 5.41) is 13.6. The fourth-order valence-corrected chi connectivity index (χ4v) is 3.06. The lowest BCUT2D eigenvalue weighted by Crippen LogP contribution is -2.17. The summed E-state index contributed by atoms with van der Waals surface area (Å²) in [5.41, 5.74) is 3.07. The Morgan fingerprint density at radius 1 is 1.33 bits per heavy atom. The molecular formula is C14H9BrFIN2O2. The summed E-state index contributed by atoms with van der Waals surface area (Å²) >= 11 is 5.30. The molecule has 2 rings (SSSR count). The molecule has 21 heavy (non-hydrogen) atoms. The van der Waals surface area contributed by atoms with E-state index in [1.165, 1.54) is 30.5 Å². The lowest BCUT2D eigenvalue weighted by atomic mass is 10.2. The number of aromatic hydroxyl groups is 1. The third-order valence-corrected chi connectivity index (χ3v) is 3.81. The summed E-state index contributed by atoms with van der Waals surface area (Å²) in [6.45, 7) is 0. The van der Waals surface area contributed by atoms with Gasteiger partial charge in [-0.15, -0.1) is 0 Å². The van der Waals surface area contributed by atoms with Crippen LogP contribution in [-0.4, -0.2) is 17.2 Å². The van der Waals surface area contributed by atoms with Gasteiger partial charge in [0.05, 0.1) is 9.78 Å². The first-order valence-electron chi connectivity index (χ1n) is 5.74. The molecule has 0 aromatic heterocycles. The fraction of sp³-hybridized carbons (Fsp3) is 0. The smallest absolute Gasteiger partial charge is 0.271 e. The van der Waals surface area contributed by atoms with Crippen molar-refractivity contribution in [2.75, 3.05) is 0 Å². The number of nitrogens with one attached hydrogen (secondary N) is 1. The van der Waals surface area contributed by atoms with Gasteiger partial charge in [-0.3, -0.25) is 4.79 Å². The van der Waals surface area contributed by atoms with Crippen molar-refractivity contribution >= 4 is 50.6 Å². The first-order chi connectivity index (χ1) is 9.97. The predicted molar refractivity (Wildman–Crippen MR) is 90.0 cm³/mol. The second-order valence-corrected chi connectivity index (χ2v) is 6.11. The molecule has 0 spiro atoms. The average molecular weight is 463 g/mol. The predicted octanol–water partition coefficient (Wildman–Crippen LogP) is 3.66. The number of amides is 1. The Morgan fingerprint density at radius 3 is 2.67 bits per heavy atom. The van der Waals surface area contributed by atoms with Gasteiger partial charge in [0.2, 0.25) is 0 Å². The number of hydrogen-bond donors (Lipinski definition) is 2. The fourth-order valence-electron chi connectivity index (χ4n) is 1.51. The zero-order valence-corrected chi connectivity index (χ0v) is 14.2. The van der Waals surface area contributed by atoms with E-state index >= 15 is 0 Å². The Hall–Kier alpha value is -1.48. The van der Waals surface area contributed by atoms with Crippen LogP contribution in [0.4, 0.5) is 4.39 Å². The monoisotopic (exact) mass is 462 g/mol. The van der Waals surface area contributed by atoms with Gasteiger partial charge in [0.15, 0.2) is 0 Å². The first-order valence-corrected chi connectivity index (χ1v) is 7.61. The number of hydrogen-bond acceptors (Lipinski definition) is 3. The van der Waals surface area contributed by atoms with Crippen molar-refractivity contribution in [2.24, 2.45) is 5.10 Å². The largest absolute Gasteiger partial charge is 0.506 e. The number of hydrazone groups is 1. The van der Waals surface area contributed by atoms with E-state index in [2.05, 4.69) is 26.5 Å². The number of phenolic OH excluding ortho intramolecular Hbond substituents is 1. The molecule has 0 aliphatic carbocycles. The highest BCUT2D eigenvalue weighted by Crippen LogP contribution is 2.27. The van der Waals surface area contributed by atoms with Crippen LogP contribution in [-0.2, 0) is 0 Å². The Bertz CT molecular complexity index is 705. The quantitative estimate of drug-likeness (QED) is 0.415. The third-order valence-electron chi connectivity index (χ3n) is 2.53. The molecule has 0 bridgehead atoms. The van der Waals surface area contributed by atoms with Gasteiger partial charge < -0.3 is 5.11 Å². The second kappa shape index (κ2) is 6.99. The van der Waals surface area contributed by atoms with Gasteiger partial charge in [0, 0.05) is 15.6 Å². The minimum Gasteiger partial charge on any atom is -0.506 e. The highest BCUT2D eigenvalue weighted by atomic mass is 127. The molecule has 2 N–H and O–H groups in total. The van der Waals surface area contributed by atoms with Crippen molar-refractivity contribution in [2.45, 2.75) is 0 Å². The zero-order valence-electron chi connectivity index (χ0n) is 10.5. The molecule has 0 saturated carbocycles. The SMILES string of the molecule is O=C(N/N=C\c1cc(Br)cc(I)c1O)c1ccc(F)cc1. The van der Waals surface area contributed by atoms with Crippen LogP contribution in [0.25, 0.3) is 0 Å². The van der Waals surface area contributed by atoms with Crippen LogP contribution in [0.3, 0.4) is 0 Å². The summed E-state index contributed by atoms with van der Waals surface area (Å²) in [5.74, 6) is -0.794. The third kappa shape index (κ3) is 4.24. The first kappa shape index (κ1) is 15.9. The second-order valence-electron chi connectivity index (χ2n) is 4.03. The minimum absolute atomic E-state index is 0.0820. The van der Waals surface area contributed by atoms with Crippen LogP contribution < -0.4 is 5.43 Å². The van der Waals surface area contributed by atoms with Crippen LogP contribution in [0.2, 0.25) is 0 Å². The molecule has 7 heteroatoms. The van der Waals surface area contributed by atoms with Gasteiger partial charge in [-0.25, -0.2) is 9.82 Å². The van der Waals surface area contributed by atoms with Gasteiger partial charge in [-0.2, -0.15) is 5.10 Å². The van der Waals surface area contributed by atoms with Crippen molar-refractivity contribution < 1.29 is 14.3 Å². The van der Waals surface area contributed by atoms with E-state index in [0.717, 1.165) is 4.47 Å². The van der Waals surface area contributed by atoms with Crippen LogP contribution in [0.5, 0.6) is 5.75 Å². The Morgan fingerprint density at radius 2 is 2.00 bits per heavy atom. The molecule has 0 atom stereocenters. The maximum Gasteiger partial charge on any atom is 0.271 e. The van der Waals surface area contributed by atoms with E-state index in [9.17, 15) is 14.3 Å². The number of halogens is 3. The highest BCUT2D eigenvalue weighted by Gasteiger charge is 2.06. The van der Waals surface area contributed by atoms with E-state index in [0.29, 0.717) is 14.7 Å². The standard InChI is InChI=1S/C14H9BrFIN2O2/c15-10-5-9(13(20)12(17)6-10)7-18-19-14(21)8-1-3-11(16)4-2-8/h1-7,20H,(H,19,21)/b18-7-. The van der Waals surface area contributed by atoms with E-state index in [4.69, 9.17) is 0 Å². The van der Waals surface area contributed by atoms with Gasteiger partial charge >= 0.3 is 0 Å². The Labute approximate surface area is 142 Å². The Balaban J connectivity index is 2.09. The lowest BCUT2D eigenvalue weighted by Gasteiger charge is -2.03. The normalized spacial score (nSPS) is 10.8.